The van der Waals surface area contributed by atoms with E-state index >= 15 is 0 Å². The first-order valence-electron chi connectivity index (χ1n) is 10.0. The zero-order valence-electron chi connectivity index (χ0n) is 16.2. The molecule has 0 saturated heterocycles. The Balaban J connectivity index is 1.63. The Bertz CT molecular complexity index is 712. The summed E-state index contributed by atoms with van der Waals surface area (Å²) in [7, 11) is 0. The van der Waals surface area contributed by atoms with Crippen LogP contribution in [0.25, 0.3) is 0 Å². The van der Waals surface area contributed by atoms with E-state index in [-0.39, 0.29) is 6.61 Å². The van der Waals surface area contributed by atoms with E-state index in [9.17, 15) is 10.2 Å². The van der Waals surface area contributed by atoms with Crippen LogP contribution in [0.1, 0.15) is 43.2 Å². The molecule has 0 heterocycles. The van der Waals surface area contributed by atoms with E-state index in [4.69, 9.17) is 4.74 Å². The number of nitrogens with zero attached hydrogens (tertiary/aromatic N) is 1. The standard InChI is InChI=1S/C23H31NO3/c1-18-9-5-8-14-23(18)27-17-21(25)16-24(20-11-3-2-4-12-20)15-19-10-6-7-13-22(19)26/h5-10,13-14,20-21,25-26H,2-4,11-12,15-17H2,1H3/t21-/m1/s1. The van der Waals surface area contributed by atoms with Gasteiger partial charge in [0.1, 0.15) is 24.2 Å². The topological polar surface area (TPSA) is 52.9 Å². The molecule has 2 aromatic rings. The highest BCUT2D eigenvalue weighted by Gasteiger charge is 2.24. The van der Waals surface area contributed by atoms with Crippen LogP contribution in [0.5, 0.6) is 11.5 Å². The Kier molecular flexibility index (Phi) is 7.13. The second-order valence-electron chi connectivity index (χ2n) is 7.58. The van der Waals surface area contributed by atoms with Crippen molar-refractivity contribution in [2.24, 2.45) is 0 Å². The summed E-state index contributed by atoms with van der Waals surface area (Å²) in [5.41, 5.74) is 1.98. The lowest BCUT2D eigenvalue weighted by molar-refractivity contribution is 0.0394. The molecular formula is C23H31NO3. The van der Waals surface area contributed by atoms with Crippen molar-refractivity contribution in [3.8, 4) is 11.5 Å². The van der Waals surface area contributed by atoms with Gasteiger partial charge in [0.25, 0.3) is 0 Å². The van der Waals surface area contributed by atoms with E-state index in [0.29, 0.717) is 24.9 Å². The van der Waals surface area contributed by atoms with Gasteiger partial charge in [-0.1, -0.05) is 55.7 Å². The molecule has 1 fully saturated rings. The summed E-state index contributed by atoms with van der Waals surface area (Å²) in [6.45, 7) is 3.48. The van der Waals surface area contributed by atoms with Crippen LogP contribution in [0, 0.1) is 6.92 Å². The van der Waals surface area contributed by atoms with Crippen LogP contribution in [-0.4, -0.2) is 40.4 Å². The van der Waals surface area contributed by atoms with Crippen molar-refractivity contribution < 1.29 is 14.9 Å². The number of aliphatic hydroxyl groups is 1. The van der Waals surface area contributed by atoms with E-state index in [2.05, 4.69) is 4.90 Å². The number of aliphatic hydroxyl groups excluding tert-OH is 1. The van der Waals surface area contributed by atoms with Gasteiger partial charge in [0.2, 0.25) is 0 Å². The maximum atomic E-state index is 10.6. The van der Waals surface area contributed by atoms with Crippen LogP contribution < -0.4 is 4.74 Å². The first kappa shape index (κ1) is 19.7. The molecule has 3 rings (SSSR count). The molecule has 1 aliphatic rings. The van der Waals surface area contributed by atoms with Gasteiger partial charge in [-0.3, -0.25) is 4.90 Å². The van der Waals surface area contributed by atoms with Crippen molar-refractivity contribution in [2.45, 2.75) is 57.7 Å². The largest absolute Gasteiger partial charge is 0.508 e. The number of ether oxygens (including phenoxy) is 1. The van der Waals surface area contributed by atoms with E-state index in [1.807, 2.05) is 49.4 Å². The van der Waals surface area contributed by atoms with E-state index in [1.54, 1.807) is 6.07 Å². The number of para-hydroxylation sites is 2. The summed E-state index contributed by atoms with van der Waals surface area (Å²) in [4.78, 5) is 2.32. The van der Waals surface area contributed by atoms with Gasteiger partial charge < -0.3 is 14.9 Å². The molecule has 0 bridgehead atoms. The minimum Gasteiger partial charge on any atom is -0.508 e. The molecule has 4 heteroatoms. The fraction of sp³-hybridized carbons (Fsp3) is 0.478. The first-order chi connectivity index (χ1) is 13.1. The van der Waals surface area contributed by atoms with Crippen molar-refractivity contribution in [3.05, 3.63) is 59.7 Å². The van der Waals surface area contributed by atoms with Crippen LogP contribution in [0.4, 0.5) is 0 Å². The molecule has 1 aliphatic carbocycles. The van der Waals surface area contributed by atoms with Crippen molar-refractivity contribution in [2.75, 3.05) is 13.2 Å². The molecule has 0 unspecified atom stereocenters. The monoisotopic (exact) mass is 369 g/mol. The van der Waals surface area contributed by atoms with Gasteiger partial charge in [-0.05, 0) is 37.5 Å². The highest BCUT2D eigenvalue weighted by Crippen LogP contribution is 2.26. The summed E-state index contributed by atoms with van der Waals surface area (Å²) in [6.07, 6.45) is 5.49. The smallest absolute Gasteiger partial charge is 0.122 e. The SMILES string of the molecule is Cc1ccccc1OC[C@H](O)CN(Cc1ccccc1O)C1CCCCC1. The molecule has 27 heavy (non-hydrogen) atoms. The second-order valence-corrected chi connectivity index (χ2v) is 7.58. The molecule has 146 valence electrons. The van der Waals surface area contributed by atoms with Crippen LogP contribution in [0.3, 0.4) is 0 Å². The Morgan fingerprint density at radius 1 is 1.04 bits per heavy atom. The van der Waals surface area contributed by atoms with Gasteiger partial charge >= 0.3 is 0 Å². The minimum atomic E-state index is -0.572. The van der Waals surface area contributed by atoms with E-state index in [0.717, 1.165) is 29.7 Å². The molecule has 2 aromatic carbocycles. The number of aryl methyl sites for hydroxylation is 1. The summed E-state index contributed by atoms with van der Waals surface area (Å²) in [5, 5.41) is 20.8. The van der Waals surface area contributed by atoms with Gasteiger partial charge in [-0.15, -0.1) is 0 Å². The number of hydrogen-bond donors (Lipinski definition) is 2. The minimum absolute atomic E-state index is 0.273. The lowest BCUT2D eigenvalue weighted by atomic mass is 9.93. The average Bonchev–Trinajstić information content (AvgIpc) is 2.69. The Morgan fingerprint density at radius 3 is 2.48 bits per heavy atom. The third-order valence-electron chi connectivity index (χ3n) is 5.43. The number of aromatic hydroxyl groups is 1. The molecule has 0 amide bonds. The molecule has 1 saturated carbocycles. The summed E-state index contributed by atoms with van der Waals surface area (Å²) in [6, 6.07) is 15.8. The number of phenolic OH excluding ortho intramolecular Hbond substituents is 1. The van der Waals surface area contributed by atoms with Gasteiger partial charge in [-0.25, -0.2) is 0 Å². The zero-order valence-corrected chi connectivity index (χ0v) is 16.2. The summed E-state index contributed by atoms with van der Waals surface area (Å²) < 4.78 is 5.83. The fourth-order valence-electron chi connectivity index (χ4n) is 3.88. The Labute approximate surface area is 162 Å². The van der Waals surface area contributed by atoms with Crippen molar-refractivity contribution >= 4 is 0 Å². The highest BCUT2D eigenvalue weighted by molar-refractivity contribution is 5.32. The number of rotatable bonds is 8. The first-order valence-corrected chi connectivity index (χ1v) is 10.0. The molecule has 0 aromatic heterocycles. The van der Waals surface area contributed by atoms with Gasteiger partial charge in [0.15, 0.2) is 0 Å². The third kappa shape index (κ3) is 5.72. The number of benzene rings is 2. The lowest BCUT2D eigenvalue weighted by Gasteiger charge is -2.35. The second kappa shape index (κ2) is 9.77. The van der Waals surface area contributed by atoms with Crippen LogP contribution in [-0.2, 0) is 6.54 Å². The predicted molar refractivity (Wildman–Crippen MR) is 108 cm³/mol. The maximum Gasteiger partial charge on any atom is 0.122 e. The van der Waals surface area contributed by atoms with E-state index < -0.39 is 6.10 Å². The zero-order chi connectivity index (χ0) is 19.1. The lowest BCUT2D eigenvalue weighted by Crippen LogP contribution is -2.42. The molecule has 4 nitrogen and oxygen atoms in total. The Hall–Kier alpha value is -2.04. The normalized spacial score (nSPS) is 16.4. The summed E-state index contributed by atoms with van der Waals surface area (Å²) >= 11 is 0. The van der Waals surface area contributed by atoms with Gasteiger partial charge in [0, 0.05) is 24.7 Å². The van der Waals surface area contributed by atoms with Gasteiger partial charge in [-0.2, -0.15) is 0 Å². The molecule has 0 radical (unpaired) electrons. The Morgan fingerprint density at radius 2 is 1.74 bits per heavy atom. The van der Waals surface area contributed by atoms with Crippen LogP contribution in [0.15, 0.2) is 48.5 Å². The molecule has 2 N–H and O–H groups in total. The van der Waals surface area contributed by atoms with E-state index in [1.165, 1.54) is 19.3 Å². The average molecular weight is 370 g/mol. The van der Waals surface area contributed by atoms with Gasteiger partial charge in [0.05, 0.1) is 0 Å². The molecule has 1 atom stereocenters. The molecule has 0 spiro atoms. The molecular weight excluding hydrogens is 338 g/mol. The third-order valence-corrected chi connectivity index (χ3v) is 5.43. The van der Waals surface area contributed by atoms with Crippen molar-refractivity contribution in [1.82, 2.24) is 4.90 Å². The number of hydrogen-bond acceptors (Lipinski definition) is 4. The summed E-state index contributed by atoms with van der Waals surface area (Å²) in [5.74, 6) is 1.14. The number of phenols is 1. The fourth-order valence-corrected chi connectivity index (χ4v) is 3.88. The predicted octanol–water partition coefficient (Wildman–Crippen LogP) is 4.28. The molecule has 0 aliphatic heterocycles. The van der Waals surface area contributed by atoms with Crippen molar-refractivity contribution in [3.63, 3.8) is 0 Å². The quantitative estimate of drug-likeness (QED) is 0.729. The van der Waals surface area contributed by atoms with Crippen molar-refractivity contribution in [1.29, 1.82) is 0 Å². The van der Waals surface area contributed by atoms with Crippen LogP contribution >= 0.6 is 0 Å². The van der Waals surface area contributed by atoms with Crippen LogP contribution in [0.2, 0.25) is 0 Å². The maximum absolute atomic E-state index is 10.6. The highest BCUT2D eigenvalue weighted by atomic mass is 16.5.